The number of sulfonamides is 1. The summed E-state index contributed by atoms with van der Waals surface area (Å²) in [6.45, 7) is 2.95. The maximum Gasteiger partial charge on any atom is 0.261 e. The second kappa shape index (κ2) is 8.64. The molecule has 0 spiro atoms. The van der Waals surface area contributed by atoms with E-state index in [1.54, 1.807) is 30.5 Å². The van der Waals surface area contributed by atoms with Gasteiger partial charge in [0.2, 0.25) is 0 Å². The van der Waals surface area contributed by atoms with Gasteiger partial charge in [-0.15, -0.1) is 5.10 Å². The van der Waals surface area contributed by atoms with Gasteiger partial charge in [0.25, 0.3) is 10.0 Å². The van der Waals surface area contributed by atoms with Gasteiger partial charge in [-0.2, -0.15) is 5.10 Å². The molecule has 0 atom stereocenters. The van der Waals surface area contributed by atoms with Crippen molar-refractivity contribution in [2.24, 2.45) is 0 Å². The van der Waals surface area contributed by atoms with Crippen LogP contribution in [-0.4, -0.2) is 44.9 Å². The fraction of sp³-hybridized carbons (Fsp3) is 0.200. The maximum absolute atomic E-state index is 13.3. The van der Waals surface area contributed by atoms with Gasteiger partial charge in [0.05, 0.1) is 30.0 Å². The third kappa shape index (κ3) is 4.84. The third-order valence-electron chi connectivity index (χ3n) is 4.53. The van der Waals surface area contributed by atoms with Gasteiger partial charge in [0.15, 0.2) is 5.82 Å². The van der Waals surface area contributed by atoms with Crippen molar-refractivity contribution in [3.8, 4) is 0 Å². The van der Waals surface area contributed by atoms with E-state index >= 15 is 0 Å². The van der Waals surface area contributed by atoms with Gasteiger partial charge in [-0.3, -0.25) is 4.72 Å². The molecule has 0 unspecified atom stereocenters. The smallest absolute Gasteiger partial charge is 0.261 e. The number of morpholine rings is 1. The van der Waals surface area contributed by atoms with Gasteiger partial charge in [-0.05, 0) is 42.5 Å². The number of hydrogen-bond donors (Lipinski definition) is 2. The van der Waals surface area contributed by atoms with E-state index in [2.05, 4.69) is 25.1 Å². The van der Waals surface area contributed by atoms with Crippen molar-refractivity contribution >= 4 is 32.9 Å². The van der Waals surface area contributed by atoms with E-state index < -0.39 is 15.8 Å². The number of anilines is 4. The Morgan fingerprint density at radius 1 is 1.00 bits per heavy atom. The summed E-state index contributed by atoms with van der Waals surface area (Å²) in [5.41, 5.74) is 2.03. The summed E-state index contributed by atoms with van der Waals surface area (Å²) in [5, 5.41) is 11.3. The minimum Gasteiger partial charge on any atom is -0.378 e. The van der Waals surface area contributed by atoms with Gasteiger partial charge in [0, 0.05) is 30.5 Å². The predicted molar refractivity (Wildman–Crippen MR) is 112 cm³/mol. The van der Waals surface area contributed by atoms with Crippen LogP contribution in [0.2, 0.25) is 0 Å². The molecule has 0 bridgehead atoms. The lowest BCUT2D eigenvalue weighted by Gasteiger charge is -2.28. The number of benzene rings is 2. The van der Waals surface area contributed by atoms with Crippen molar-refractivity contribution in [3.05, 3.63) is 66.6 Å². The first-order chi connectivity index (χ1) is 14.5. The zero-order valence-electron chi connectivity index (χ0n) is 16.0. The molecule has 0 radical (unpaired) electrons. The average molecular weight is 429 g/mol. The van der Waals surface area contributed by atoms with Crippen LogP contribution in [0.1, 0.15) is 0 Å². The molecule has 1 saturated heterocycles. The summed E-state index contributed by atoms with van der Waals surface area (Å²) in [4.78, 5) is 2.04. The van der Waals surface area contributed by atoms with Gasteiger partial charge in [-0.25, -0.2) is 12.8 Å². The number of nitrogens with one attached hydrogen (secondary N) is 2. The van der Waals surface area contributed by atoms with Crippen LogP contribution >= 0.6 is 0 Å². The van der Waals surface area contributed by atoms with Crippen LogP contribution in [0.4, 0.5) is 27.3 Å². The van der Waals surface area contributed by atoms with Crippen LogP contribution in [0.3, 0.4) is 0 Å². The summed E-state index contributed by atoms with van der Waals surface area (Å²) in [6.07, 6.45) is 1.71. The van der Waals surface area contributed by atoms with Crippen molar-refractivity contribution < 1.29 is 17.5 Å². The zero-order chi connectivity index (χ0) is 21.0. The molecular formula is C20H20FN5O3S. The Balaban J connectivity index is 1.44. The molecule has 1 fully saturated rings. The van der Waals surface area contributed by atoms with E-state index in [1.165, 1.54) is 18.2 Å². The fourth-order valence-electron chi connectivity index (χ4n) is 3.03. The zero-order valence-corrected chi connectivity index (χ0v) is 16.8. The lowest BCUT2D eigenvalue weighted by molar-refractivity contribution is 0.122. The first kappa shape index (κ1) is 20.0. The molecule has 30 heavy (non-hydrogen) atoms. The van der Waals surface area contributed by atoms with Crippen LogP contribution in [0.15, 0.2) is 65.7 Å². The van der Waals surface area contributed by atoms with Gasteiger partial charge in [-0.1, -0.05) is 6.07 Å². The Bertz CT molecular complexity index is 1120. The number of nitrogens with zero attached hydrogens (tertiary/aromatic N) is 3. The van der Waals surface area contributed by atoms with E-state index in [9.17, 15) is 12.8 Å². The largest absolute Gasteiger partial charge is 0.378 e. The van der Waals surface area contributed by atoms with Crippen molar-refractivity contribution in [2.45, 2.75) is 4.90 Å². The molecule has 2 heterocycles. The second-order valence-electron chi connectivity index (χ2n) is 6.66. The van der Waals surface area contributed by atoms with Gasteiger partial charge in [0.1, 0.15) is 5.82 Å². The normalized spacial score (nSPS) is 14.4. The molecule has 1 aliphatic heterocycles. The van der Waals surface area contributed by atoms with Crippen LogP contribution < -0.4 is 14.9 Å². The predicted octanol–water partition coefficient (Wildman–Crippen LogP) is 3.00. The Morgan fingerprint density at radius 2 is 1.73 bits per heavy atom. The van der Waals surface area contributed by atoms with Crippen LogP contribution in [0.25, 0.3) is 0 Å². The topological polar surface area (TPSA) is 96.5 Å². The van der Waals surface area contributed by atoms with E-state index in [0.717, 1.165) is 30.5 Å². The number of aromatic nitrogens is 2. The molecule has 2 N–H and O–H groups in total. The van der Waals surface area contributed by atoms with Gasteiger partial charge < -0.3 is 15.0 Å². The summed E-state index contributed by atoms with van der Waals surface area (Å²) in [6, 6.07) is 13.4. The maximum atomic E-state index is 13.3. The highest BCUT2D eigenvalue weighted by atomic mass is 32.2. The van der Waals surface area contributed by atoms with E-state index in [4.69, 9.17) is 4.74 Å². The molecule has 156 valence electrons. The SMILES string of the molecule is O=S(=O)(Nc1ccc(Nc2cc(N3CCOCC3)cnn2)cc1)c1cccc(F)c1. The summed E-state index contributed by atoms with van der Waals surface area (Å²) in [5.74, 6) is -0.0371. The van der Waals surface area contributed by atoms with Crippen molar-refractivity contribution in [2.75, 3.05) is 41.2 Å². The van der Waals surface area contributed by atoms with Crippen LogP contribution in [-0.2, 0) is 14.8 Å². The Kier molecular flexibility index (Phi) is 5.77. The van der Waals surface area contributed by atoms with Crippen molar-refractivity contribution in [1.82, 2.24) is 10.2 Å². The van der Waals surface area contributed by atoms with E-state index in [-0.39, 0.29) is 4.90 Å². The molecule has 0 saturated carbocycles. The molecule has 10 heteroatoms. The molecule has 8 nitrogen and oxygen atoms in total. The number of rotatable bonds is 6. The highest BCUT2D eigenvalue weighted by Crippen LogP contribution is 2.23. The molecule has 4 rings (SSSR count). The minimum atomic E-state index is -3.87. The standard InChI is InChI=1S/C20H20FN5O3S/c21-15-2-1-3-19(12-15)30(27,28)25-17-6-4-16(5-7-17)23-20-13-18(14-22-24-20)26-8-10-29-11-9-26/h1-7,12-14,25H,8-11H2,(H,23,24). The number of ether oxygens (including phenoxy) is 1. The quantitative estimate of drug-likeness (QED) is 0.622. The first-order valence-corrected chi connectivity index (χ1v) is 10.8. The highest BCUT2D eigenvalue weighted by Gasteiger charge is 2.15. The van der Waals surface area contributed by atoms with Crippen molar-refractivity contribution in [3.63, 3.8) is 0 Å². The fourth-order valence-corrected chi connectivity index (χ4v) is 4.12. The lowest BCUT2D eigenvalue weighted by Crippen LogP contribution is -2.36. The molecule has 1 aliphatic rings. The molecule has 0 aliphatic carbocycles. The Labute approximate surface area is 173 Å². The first-order valence-electron chi connectivity index (χ1n) is 9.30. The van der Waals surface area contributed by atoms with E-state index in [1.807, 2.05) is 6.07 Å². The third-order valence-corrected chi connectivity index (χ3v) is 5.91. The summed E-state index contributed by atoms with van der Waals surface area (Å²) >= 11 is 0. The van der Waals surface area contributed by atoms with E-state index in [0.29, 0.717) is 24.7 Å². The number of halogens is 1. The summed E-state index contributed by atoms with van der Waals surface area (Å²) in [7, 11) is -3.87. The van der Waals surface area contributed by atoms with Crippen LogP contribution in [0, 0.1) is 5.82 Å². The molecule has 1 aromatic heterocycles. The lowest BCUT2D eigenvalue weighted by atomic mass is 10.3. The number of hydrogen-bond acceptors (Lipinski definition) is 7. The minimum absolute atomic E-state index is 0.139. The Morgan fingerprint density at radius 3 is 2.47 bits per heavy atom. The average Bonchev–Trinajstić information content (AvgIpc) is 2.76. The molecular weight excluding hydrogens is 409 g/mol. The van der Waals surface area contributed by atoms with Gasteiger partial charge >= 0.3 is 0 Å². The monoisotopic (exact) mass is 429 g/mol. The summed E-state index contributed by atoms with van der Waals surface area (Å²) < 4.78 is 45.9. The molecule has 2 aromatic carbocycles. The second-order valence-corrected chi connectivity index (χ2v) is 8.35. The molecule has 0 amide bonds. The van der Waals surface area contributed by atoms with Crippen LogP contribution in [0.5, 0.6) is 0 Å². The highest BCUT2D eigenvalue weighted by molar-refractivity contribution is 7.92. The Hall–Kier alpha value is -3.24. The molecule has 3 aromatic rings. The van der Waals surface area contributed by atoms with Crippen molar-refractivity contribution in [1.29, 1.82) is 0 Å².